The van der Waals surface area contributed by atoms with Gasteiger partial charge in [-0.05, 0) is 66.7 Å². The Labute approximate surface area is 182 Å². The maximum atomic E-state index is 13.5. The van der Waals surface area contributed by atoms with Crippen LogP contribution in [0.3, 0.4) is 0 Å². The number of nitrogens with zero attached hydrogens (tertiary/aromatic N) is 3. The number of aromatic nitrogens is 3. The Morgan fingerprint density at radius 1 is 1.03 bits per heavy atom. The van der Waals surface area contributed by atoms with Crippen molar-refractivity contribution in [2.45, 2.75) is 9.92 Å². The number of methoxy groups -OCH3 is 1. The van der Waals surface area contributed by atoms with Crippen LogP contribution in [0, 0.1) is 5.82 Å². The molecule has 0 aliphatic carbocycles. The molecule has 1 N–H and O–H groups in total. The minimum absolute atomic E-state index is 0.0477. The Morgan fingerprint density at radius 2 is 1.72 bits per heavy atom. The molecule has 0 atom stereocenters. The summed E-state index contributed by atoms with van der Waals surface area (Å²) in [5, 5.41) is 16.7. The lowest BCUT2D eigenvalue weighted by molar-refractivity contribution is 0.0697. The molecule has 0 radical (unpaired) electrons. The number of aromatic carboxylic acids is 1. The van der Waals surface area contributed by atoms with Crippen molar-refractivity contribution in [3.05, 3.63) is 84.2 Å². The van der Waals surface area contributed by atoms with Gasteiger partial charge in [-0.1, -0.05) is 11.3 Å². The fourth-order valence-electron chi connectivity index (χ4n) is 3.11. The zero-order valence-corrected chi connectivity index (χ0v) is 17.5. The second-order valence-electron chi connectivity index (χ2n) is 6.70. The normalized spacial score (nSPS) is 11.3. The molecule has 10 heteroatoms. The maximum absolute atomic E-state index is 13.5. The summed E-state index contributed by atoms with van der Waals surface area (Å²) in [5.74, 6) is -1.24. The van der Waals surface area contributed by atoms with Gasteiger partial charge in [-0.2, -0.15) is 0 Å². The lowest BCUT2D eigenvalue weighted by Gasteiger charge is -2.10. The molecule has 4 aromatic rings. The number of carboxylic acids is 1. The molecule has 0 bridgehead atoms. The monoisotopic (exact) mass is 453 g/mol. The third kappa shape index (κ3) is 3.83. The summed E-state index contributed by atoms with van der Waals surface area (Å²) < 4.78 is 46.8. The molecule has 0 unspecified atom stereocenters. The molecule has 0 aliphatic heterocycles. The van der Waals surface area contributed by atoms with E-state index in [4.69, 9.17) is 9.84 Å². The smallest absolute Gasteiger partial charge is 0.335 e. The number of sulfone groups is 1. The zero-order valence-electron chi connectivity index (χ0n) is 16.6. The largest absolute Gasteiger partial charge is 0.497 e. The quantitative estimate of drug-likeness (QED) is 0.475. The van der Waals surface area contributed by atoms with E-state index in [1.54, 1.807) is 12.1 Å². The van der Waals surface area contributed by atoms with Gasteiger partial charge in [0, 0.05) is 5.56 Å². The maximum Gasteiger partial charge on any atom is 0.335 e. The third-order valence-corrected chi connectivity index (χ3v) is 6.38. The van der Waals surface area contributed by atoms with Crippen LogP contribution in [0.25, 0.3) is 16.9 Å². The molecule has 4 rings (SSSR count). The highest BCUT2D eigenvalue weighted by Crippen LogP contribution is 2.32. The summed E-state index contributed by atoms with van der Waals surface area (Å²) in [5.41, 5.74) is 0.909. The van der Waals surface area contributed by atoms with Gasteiger partial charge >= 0.3 is 5.97 Å². The first-order valence-electron chi connectivity index (χ1n) is 9.26. The number of halogens is 1. The fraction of sp³-hybridized carbons (Fsp3) is 0.0455. The van der Waals surface area contributed by atoms with Crippen molar-refractivity contribution < 1.29 is 27.4 Å². The summed E-state index contributed by atoms with van der Waals surface area (Å²) in [4.78, 5) is 11.1. The number of carboxylic acid groups (broad SMARTS) is 1. The van der Waals surface area contributed by atoms with E-state index in [1.807, 2.05) is 0 Å². The predicted molar refractivity (Wildman–Crippen MR) is 112 cm³/mol. The van der Waals surface area contributed by atoms with Gasteiger partial charge in [0.05, 0.1) is 23.3 Å². The third-order valence-electron chi connectivity index (χ3n) is 4.72. The first-order chi connectivity index (χ1) is 15.3. The average molecular weight is 453 g/mol. The molecule has 0 aliphatic rings. The Morgan fingerprint density at radius 3 is 2.34 bits per heavy atom. The minimum atomic E-state index is -4.13. The Hall–Kier alpha value is -4.05. The molecule has 0 fully saturated rings. The van der Waals surface area contributed by atoms with Crippen LogP contribution in [0.1, 0.15) is 10.4 Å². The number of hydrogen-bond acceptors (Lipinski definition) is 6. The van der Waals surface area contributed by atoms with Crippen molar-refractivity contribution in [3.63, 3.8) is 0 Å². The van der Waals surface area contributed by atoms with Gasteiger partial charge in [-0.15, -0.1) is 5.10 Å². The van der Waals surface area contributed by atoms with Crippen LogP contribution < -0.4 is 4.74 Å². The molecular formula is C22H16FN3O5S. The van der Waals surface area contributed by atoms with Crippen molar-refractivity contribution >= 4 is 15.8 Å². The van der Waals surface area contributed by atoms with Gasteiger partial charge in [0.1, 0.15) is 17.3 Å². The molecule has 162 valence electrons. The van der Waals surface area contributed by atoms with Gasteiger partial charge < -0.3 is 9.84 Å². The molecule has 1 heterocycles. The van der Waals surface area contributed by atoms with E-state index < -0.39 is 21.6 Å². The van der Waals surface area contributed by atoms with Gasteiger partial charge in [0.15, 0.2) is 0 Å². The second kappa shape index (κ2) is 8.23. The highest BCUT2D eigenvalue weighted by Gasteiger charge is 2.29. The first-order valence-corrected chi connectivity index (χ1v) is 10.7. The highest BCUT2D eigenvalue weighted by atomic mass is 32.2. The summed E-state index contributed by atoms with van der Waals surface area (Å²) in [6.07, 6.45) is 0. The summed E-state index contributed by atoms with van der Waals surface area (Å²) in [6.45, 7) is 0. The molecular weight excluding hydrogens is 437 g/mol. The van der Waals surface area contributed by atoms with E-state index in [0.29, 0.717) is 17.0 Å². The molecule has 0 saturated heterocycles. The van der Waals surface area contributed by atoms with E-state index in [-0.39, 0.29) is 21.2 Å². The number of benzene rings is 3. The average Bonchev–Trinajstić information content (AvgIpc) is 3.25. The lowest BCUT2D eigenvalue weighted by atomic mass is 10.1. The molecule has 0 spiro atoms. The molecule has 1 aromatic heterocycles. The second-order valence-corrected chi connectivity index (χ2v) is 8.56. The SMILES string of the molecule is COc1cccc(S(=O)(=O)c2nnn(-c3ccc(C(=O)O)cc3)c2-c2ccc(F)cc2)c1. The predicted octanol–water partition coefficient (Wildman–Crippen LogP) is 3.61. The zero-order chi connectivity index (χ0) is 22.9. The number of ether oxygens (including phenoxy) is 1. The lowest BCUT2D eigenvalue weighted by Crippen LogP contribution is -2.06. The Bertz CT molecular complexity index is 1400. The molecule has 32 heavy (non-hydrogen) atoms. The highest BCUT2D eigenvalue weighted by molar-refractivity contribution is 7.91. The van der Waals surface area contributed by atoms with Gasteiger partial charge in [-0.3, -0.25) is 0 Å². The van der Waals surface area contributed by atoms with Crippen LogP contribution >= 0.6 is 0 Å². The van der Waals surface area contributed by atoms with Crippen LogP contribution in [0.5, 0.6) is 5.75 Å². The van der Waals surface area contributed by atoms with Crippen LogP contribution in [0.2, 0.25) is 0 Å². The number of carbonyl (C=O) groups is 1. The van der Waals surface area contributed by atoms with Crippen molar-refractivity contribution in [2.24, 2.45) is 0 Å². The topological polar surface area (TPSA) is 111 Å². The standard InChI is InChI=1S/C22H16FN3O5S/c1-31-18-3-2-4-19(13-18)32(29,30)21-20(14-5-9-16(23)10-6-14)26(25-24-21)17-11-7-15(8-12-17)22(27)28/h2-13H,1H3,(H,27,28). The number of hydrogen-bond donors (Lipinski definition) is 1. The van der Waals surface area contributed by atoms with E-state index in [1.165, 1.54) is 72.5 Å². The van der Waals surface area contributed by atoms with Gasteiger partial charge in [-0.25, -0.2) is 22.3 Å². The van der Waals surface area contributed by atoms with E-state index in [0.717, 1.165) is 0 Å². The van der Waals surface area contributed by atoms with Crippen molar-refractivity contribution in [2.75, 3.05) is 7.11 Å². The molecule has 8 nitrogen and oxygen atoms in total. The van der Waals surface area contributed by atoms with Crippen molar-refractivity contribution in [1.29, 1.82) is 0 Å². The Kier molecular flexibility index (Phi) is 5.45. The van der Waals surface area contributed by atoms with Crippen LogP contribution in [0.4, 0.5) is 4.39 Å². The fourth-order valence-corrected chi connectivity index (χ4v) is 4.46. The molecule has 0 amide bonds. The molecule has 3 aromatic carbocycles. The first kappa shape index (κ1) is 21.2. The van der Waals surface area contributed by atoms with Gasteiger partial charge in [0.2, 0.25) is 14.9 Å². The van der Waals surface area contributed by atoms with Crippen molar-refractivity contribution in [3.8, 4) is 22.7 Å². The number of rotatable bonds is 6. The van der Waals surface area contributed by atoms with E-state index >= 15 is 0 Å². The van der Waals surface area contributed by atoms with E-state index in [2.05, 4.69) is 10.3 Å². The summed E-state index contributed by atoms with van der Waals surface area (Å²) in [6, 6.07) is 16.8. The van der Waals surface area contributed by atoms with E-state index in [9.17, 15) is 17.6 Å². The Balaban J connectivity index is 1.93. The molecule has 0 saturated carbocycles. The van der Waals surface area contributed by atoms with Crippen LogP contribution in [-0.2, 0) is 9.84 Å². The minimum Gasteiger partial charge on any atom is -0.497 e. The van der Waals surface area contributed by atoms with Crippen LogP contribution in [0.15, 0.2) is 82.7 Å². The van der Waals surface area contributed by atoms with Crippen LogP contribution in [-0.4, -0.2) is 41.6 Å². The van der Waals surface area contributed by atoms with Crippen molar-refractivity contribution in [1.82, 2.24) is 15.0 Å². The van der Waals surface area contributed by atoms with Gasteiger partial charge in [0.25, 0.3) is 0 Å². The summed E-state index contributed by atoms with van der Waals surface area (Å²) in [7, 11) is -2.71. The summed E-state index contributed by atoms with van der Waals surface area (Å²) >= 11 is 0.